The summed E-state index contributed by atoms with van der Waals surface area (Å²) >= 11 is 6.38. The summed E-state index contributed by atoms with van der Waals surface area (Å²) in [6.45, 7) is 2.19. The van der Waals surface area contributed by atoms with Gasteiger partial charge in [-0.05, 0) is 25.1 Å². The van der Waals surface area contributed by atoms with Crippen molar-refractivity contribution in [3.63, 3.8) is 0 Å². The first-order chi connectivity index (χ1) is 12.6. The van der Waals surface area contributed by atoms with Crippen molar-refractivity contribution in [1.29, 1.82) is 0 Å². The summed E-state index contributed by atoms with van der Waals surface area (Å²) in [4.78, 5) is 20.5. The van der Waals surface area contributed by atoms with Gasteiger partial charge in [0.1, 0.15) is 11.9 Å². The average molecular weight is 370 g/mol. The van der Waals surface area contributed by atoms with Gasteiger partial charge in [-0.3, -0.25) is 14.8 Å². The first-order valence-electron chi connectivity index (χ1n) is 8.19. The highest BCUT2D eigenvalue weighted by atomic mass is 35.5. The molecule has 0 bridgehead atoms. The monoisotopic (exact) mass is 369 g/mol. The van der Waals surface area contributed by atoms with Gasteiger partial charge in [-0.25, -0.2) is 0 Å². The van der Waals surface area contributed by atoms with Crippen molar-refractivity contribution in [1.82, 2.24) is 15.3 Å². The van der Waals surface area contributed by atoms with Crippen molar-refractivity contribution in [2.45, 2.75) is 19.4 Å². The fourth-order valence-electron chi connectivity index (χ4n) is 2.99. The number of carbonyl (C=O) groups excluding carboxylic acids is 1. The summed E-state index contributed by atoms with van der Waals surface area (Å²) < 4.78 is 11.1. The maximum Gasteiger partial charge on any atom is 0.287 e. The third kappa shape index (κ3) is 3.15. The first-order valence-corrected chi connectivity index (χ1v) is 8.57. The fraction of sp³-hybridized carbons (Fsp3) is 0.211. The van der Waals surface area contributed by atoms with Crippen LogP contribution in [0.5, 0.6) is 5.75 Å². The Kier molecular flexibility index (Phi) is 4.34. The maximum absolute atomic E-state index is 12.2. The molecule has 4 rings (SSSR count). The minimum Gasteiger partial charge on any atom is -0.486 e. The van der Waals surface area contributed by atoms with Crippen LogP contribution in [0.3, 0.4) is 0 Å². The van der Waals surface area contributed by atoms with Gasteiger partial charge < -0.3 is 14.5 Å². The minimum absolute atomic E-state index is 0.182. The van der Waals surface area contributed by atoms with Crippen molar-refractivity contribution < 1.29 is 13.9 Å². The number of nitrogens with one attached hydrogen (secondary N) is 1. The van der Waals surface area contributed by atoms with Gasteiger partial charge in [0.15, 0.2) is 5.76 Å². The lowest BCUT2D eigenvalue weighted by Crippen LogP contribution is -2.34. The number of furan rings is 1. The van der Waals surface area contributed by atoms with Crippen LogP contribution >= 0.6 is 11.6 Å². The third-order valence-corrected chi connectivity index (χ3v) is 4.55. The zero-order chi connectivity index (χ0) is 18.1. The highest BCUT2D eigenvalue weighted by Crippen LogP contribution is 2.39. The van der Waals surface area contributed by atoms with Crippen LogP contribution in [0.2, 0.25) is 5.02 Å². The van der Waals surface area contributed by atoms with Crippen LogP contribution < -0.4 is 10.1 Å². The molecule has 1 amide bonds. The van der Waals surface area contributed by atoms with Gasteiger partial charge in [0, 0.05) is 35.5 Å². The molecule has 0 saturated heterocycles. The number of fused-ring (bicyclic) bond motifs is 1. The van der Waals surface area contributed by atoms with Crippen LogP contribution in [0.15, 0.2) is 47.5 Å². The van der Waals surface area contributed by atoms with Crippen LogP contribution in [-0.2, 0) is 6.42 Å². The summed E-state index contributed by atoms with van der Waals surface area (Å²) in [5.74, 6) is 0.731. The number of hydrogen-bond donors (Lipinski definition) is 1. The van der Waals surface area contributed by atoms with Gasteiger partial charge in [-0.2, -0.15) is 0 Å². The van der Waals surface area contributed by atoms with Crippen molar-refractivity contribution in [3.05, 3.63) is 65.0 Å². The number of halogens is 1. The number of nitrogens with zero attached hydrogens (tertiary/aromatic N) is 2. The van der Waals surface area contributed by atoms with Crippen LogP contribution in [0.4, 0.5) is 0 Å². The van der Waals surface area contributed by atoms with E-state index < -0.39 is 0 Å². The summed E-state index contributed by atoms with van der Waals surface area (Å²) in [5, 5.41) is 3.37. The molecule has 26 heavy (non-hydrogen) atoms. The predicted octanol–water partition coefficient (Wildman–Crippen LogP) is 3.43. The predicted molar refractivity (Wildman–Crippen MR) is 96.4 cm³/mol. The Morgan fingerprint density at radius 3 is 3.00 bits per heavy atom. The van der Waals surface area contributed by atoms with E-state index in [1.54, 1.807) is 24.7 Å². The summed E-state index contributed by atoms with van der Waals surface area (Å²) in [6.07, 6.45) is 6.93. The SMILES string of the molecule is Cc1ccoc1C(=O)NC[C@@H]1Cc2cc(-c3cnccn3)cc(Cl)c2O1. The van der Waals surface area contributed by atoms with E-state index in [0.717, 1.165) is 22.4 Å². The molecule has 1 atom stereocenters. The van der Waals surface area contributed by atoms with Gasteiger partial charge >= 0.3 is 0 Å². The normalized spacial score (nSPS) is 15.4. The molecule has 0 aliphatic carbocycles. The number of rotatable bonds is 4. The third-order valence-electron chi connectivity index (χ3n) is 4.27. The Bertz CT molecular complexity index is 956. The zero-order valence-corrected chi connectivity index (χ0v) is 14.8. The Labute approximate surface area is 155 Å². The highest BCUT2D eigenvalue weighted by molar-refractivity contribution is 6.32. The fourth-order valence-corrected chi connectivity index (χ4v) is 3.27. The number of carbonyl (C=O) groups is 1. The topological polar surface area (TPSA) is 77.3 Å². The molecule has 7 heteroatoms. The number of benzene rings is 1. The standard InChI is InChI=1S/C19H16ClN3O3/c1-11-2-5-25-17(11)19(24)23-9-14-7-13-6-12(8-15(20)18(13)26-14)16-10-21-3-4-22-16/h2-6,8,10,14H,7,9H2,1H3,(H,23,24)/t14-/m0/s1. The molecule has 0 saturated carbocycles. The van der Waals surface area contributed by atoms with E-state index in [9.17, 15) is 4.79 Å². The molecule has 0 spiro atoms. The lowest BCUT2D eigenvalue weighted by atomic mass is 10.0. The van der Waals surface area contributed by atoms with Crippen molar-refractivity contribution in [2.75, 3.05) is 6.54 Å². The Morgan fingerprint density at radius 1 is 1.38 bits per heavy atom. The Hall–Kier alpha value is -2.86. The van der Waals surface area contributed by atoms with E-state index in [0.29, 0.717) is 29.5 Å². The average Bonchev–Trinajstić information content (AvgIpc) is 3.26. The minimum atomic E-state index is -0.251. The molecule has 3 heterocycles. The molecule has 2 aromatic heterocycles. The van der Waals surface area contributed by atoms with Gasteiger partial charge in [-0.1, -0.05) is 11.6 Å². The molecule has 1 aliphatic heterocycles. The van der Waals surface area contributed by atoms with Crippen molar-refractivity contribution in [3.8, 4) is 17.0 Å². The van der Waals surface area contributed by atoms with Gasteiger partial charge in [0.05, 0.1) is 29.7 Å². The second kappa shape index (κ2) is 6.80. The first kappa shape index (κ1) is 16.6. The van der Waals surface area contributed by atoms with E-state index in [4.69, 9.17) is 20.8 Å². The molecule has 1 N–H and O–H groups in total. The molecule has 132 valence electrons. The van der Waals surface area contributed by atoms with Crippen molar-refractivity contribution >= 4 is 17.5 Å². The molecule has 0 unspecified atom stereocenters. The quantitative estimate of drug-likeness (QED) is 0.762. The van der Waals surface area contributed by atoms with Crippen molar-refractivity contribution in [2.24, 2.45) is 0 Å². The Balaban J connectivity index is 1.46. The number of amides is 1. The molecule has 0 fully saturated rings. The van der Waals surface area contributed by atoms with Gasteiger partial charge in [0.25, 0.3) is 5.91 Å². The molecule has 3 aromatic rings. The molecule has 6 nitrogen and oxygen atoms in total. The molecular formula is C19H16ClN3O3. The van der Waals surface area contributed by atoms with Crippen LogP contribution in [0.25, 0.3) is 11.3 Å². The van der Waals surface area contributed by atoms with E-state index in [-0.39, 0.29) is 12.0 Å². The second-order valence-electron chi connectivity index (χ2n) is 6.12. The summed E-state index contributed by atoms with van der Waals surface area (Å²) in [5.41, 5.74) is 3.44. The number of ether oxygens (including phenoxy) is 1. The Morgan fingerprint density at radius 2 is 2.27 bits per heavy atom. The van der Waals surface area contributed by atoms with E-state index in [2.05, 4.69) is 15.3 Å². The molecule has 1 aliphatic rings. The molecular weight excluding hydrogens is 354 g/mol. The number of hydrogen-bond acceptors (Lipinski definition) is 5. The smallest absolute Gasteiger partial charge is 0.287 e. The zero-order valence-electron chi connectivity index (χ0n) is 14.0. The molecule has 0 radical (unpaired) electrons. The second-order valence-corrected chi connectivity index (χ2v) is 6.53. The number of aromatic nitrogens is 2. The molecule has 1 aromatic carbocycles. The van der Waals surface area contributed by atoms with E-state index in [1.807, 2.05) is 19.1 Å². The lowest BCUT2D eigenvalue weighted by Gasteiger charge is -2.12. The largest absolute Gasteiger partial charge is 0.486 e. The van der Waals surface area contributed by atoms with Crippen LogP contribution in [-0.4, -0.2) is 28.5 Å². The van der Waals surface area contributed by atoms with E-state index in [1.165, 1.54) is 6.26 Å². The number of aryl methyl sites for hydroxylation is 1. The maximum atomic E-state index is 12.2. The van der Waals surface area contributed by atoms with E-state index >= 15 is 0 Å². The van der Waals surface area contributed by atoms with Crippen LogP contribution in [0, 0.1) is 6.92 Å². The van der Waals surface area contributed by atoms with Crippen LogP contribution in [0.1, 0.15) is 21.7 Å². The van der Waals surface area contributed by atoms with Gasteiger partial charge in [0.2, 0.25) is 0 Å². The summed E-state index contributed by atoms with van der Waals surface area (Å²) in [6, 6.07) is 5.58. The summed E-state index contributed by atoms with van der Waals surface area (Å²) in [7, 11) is 0. The lowest BCUT2D eigenvalue weighted by molar-refractivity contribution is 0.0905. The highest BCUT2D eigenvalue weighted by Gasteiger charge is 2.27. The van der Waals surface area contributed by atoms with Gasteiger partial charge in [-0.15, -0.1) is 0 Å².